The molecule has 1 amide bonds. The molecule has 0 bridgehead atoms. The average molecular weight is 259 g/mol. The molecule has 0 aliphatic heterocycles. The van der Waals surface area contributed by atoms with Crippen molar-refractivity contribution in [1.82, 2.24) is 5.32 Å². The summed E-state index contributed by atoms with van der Waals surface area (Å²) in [6.45, 7) is 4.78. The monoisotopic (exact) mass is 259 g/mol. The van der Waals surface area contributed by atoms with Crippen LogP contribution in [0.1, 0.15) is 47.7 Å². The largest absolute Gasteiger partial charge is 0.395 e. The number of aryl methyl sites for hydroxylation is 1. The lowest BCUT2D eigenvalue weighted by molar-refractivity contribution is 0.0953. The Morgan fingerprint density at radius 2 is 2.21 bits per heavy atom. The lowest BCUT2D eigenvalue weighted by atomic mass is 10.0. The van der Waals surface area contributed by atoms with E-state index < -0.39 is 0 Å². The van der Waals surface area contributed by atoms with Crippen molar-refractivity contribution < 1.29 is 9.90 Å². The van der Waals surface area contributed by atoms with Crippen molar-refractivity contribution in [3.05, 3.63) is 34.9 Å². The van der Waals surface area contributed by atoms with E-state index in [2.05, 4.69) is 24.1 Å². The Morgan fingerprint density at radius 1 is 1.42 bits per heavy atom. The summed E-state index contributed by atoms with van der Waals surface area (Å²) in [5, 5.41) is 11.6. The van der Waals surface area contributed by atoms with Gasteiger partial charge in [-0.2, -0.15) is 0 Å². The molecule has 0 fully saturated rings. The fraction of sp³-hybridized carbons (Fsp3) is 0.438. The van der Waals surface area contributed by atoms with Crippen molar-refractivity contribution in [2.24, 2.45) is 0 Å². The zero-order valence-corrected chi connectivity index (χ0v) is 11.6. The summed E-state index contributed by atoms with van der Waals surface area (Å²) >= 11 is 0. The standard InChI is InChI=1S/C16H21NO2/c1-3-4-10-17-16(19)15-9-8-13(2)12-14(15)7-5-6-11-18/h8-9,12,18H,3-4,6,10-11H2,1-2H3,(H,17,19). The van der Waals surface area contributed by atoms with E-state index in [0.29, 0.717) is 18.5 Å². The zero-order valence-electron chi connectivity index (χ0n) is 11.6. The molecule has 0 saturated heterocycles. The number of rotatable bonds is 5. The summed E-state index contributed by atoms with van der Waals surface area (Å²) in [6, 6.07) is 5.62. The average Bonchev–Trinajstić information content (AvgIpc) is 2.39. The second kappa shape index (κ2) is 8.34. The molecule has 0 atom stereocenters. The highest BCUT2D eigenvalue weighted by Gasteiger charge is 2.09. The molecule has 0 spiro atoms. The van der Waals surface area contributed by atoms with Crippen LogP contribution in [-0.4, -0.2) is 24.2 Å². The number of benzene rings is 1. The summed E-state index contributed by atoms with van der Waals surface area (Å²) in [5.41, 5.74) is 2.40. The highest BCUT2D eigenvalue weighted by molar-refractivity contribution is 5.96. The first-order valence-corrected chi connectivity index (χ1v) is 6.67. The number of aliphatic hydroxyl groups excluding tert-OH is 1. The number of hydrogen-bond acceptors (Lipinski definition) is 2. The van der Waals surface area contributed by atoms with Gasteiger partial charge in [0.15, 0.2) is 0 Å². The number of unbranched alkanes of at least 4 members (excludes halogenated alkanes) is 1. The molecule has 19 heavy (non-hydrogen) atoms. The molecular weight excluding hydrogens is 238 g/mol. The maximum Gasteiger partial charge on any atom is 0.252 e. The Labute approximate surface area is 115 Å². The molecule has 0 radical (unpaired) electrons. The topological polar surface area (TPSA) is 49.3 Å². The maximum absolute atomic E-state index is 12.1. The number of carbonyl (C=O) groups excluding carboxylic acids is 1. The summed E-state index contributed by atoms with van der Waals surface area (Å²) in [5.74, 6) is 5.73. The van der Waals surface area contributed by atoms with Gasteiger partial charge >= 0.3 is 0 Å². The summed E-state index contributed by atoms with van der Waals surface area (Å²) in [7, 11) is 0. The van der Waals surface area contributed by atoms with E-state index in [9.17, 15) is 4.79 Å². The Bertz CT molecular complexity index is 483. The van der Waals surface area contributed by atoms with Crippen LogP contribution in [0.3, 0.4) is 0 Å². The van der Waals surface area contributed by atoms with Crippen LogP contribution in [0.25, 0.3) is 0 Å². The van der Waals surface area contributed by atoms with Gasteiger partial charge in [0, 0.05) is 18.5 Å². The van der Waals surface area contributed by atoms with E-state index >= 15 is 0 Å². The lowest BCUT2D eigenvalue weighted by Crippen LogP contribution is -2.25. The maximum atomic E-state index is 12.1. The van der Waals surface area contributed by atoms with Crippen molar-refractivity contribution in [2.75, 3.05) is 13.2 Å². The summed E-state index contributed by atoms with van der Waals surface area (Å²) in [6.07, 6.45) is 2.45. The van der Waals surface area contributed by atoms with Crippen LogP contribution in [0.4, 0.5) is 0 Å². The van der Waals surface area contributed by atoms with Gasteiger partial charge < -0.3 is 10.4 Å². The van der Waals surface area contributed by atoms with Gasteiger partial charge in [-0.3, -0.25) is 4.79 Å². The van der Waals surface area contributed by atoms with Gasteiger partial charge in [0.2, 0.25) is 0 Å². The van der Waals surface area contributed by atoms with E-state index in [4.69, 9.17) is 5.11 Å². The number of amides is 1. The highest BCUT2D eigenvalue weighted by Crippen LogP contribution is 2.11. The van der Waals surface area contributed by atoms with Gasteiger partial charge in [0.1, 0.15) is 0 Å². The molecule has 1 aromatic rings. The molecule has 0 aromatic heterocycles. The molecular formula is C16H21NO2. The third kappa shape index (κ3) is 5.15. The Balaban J connectivity index is 2.87. The van der Waals surface area contributed by atoms with Gasteiger partial charge in [-0.05, 0) is 31.0 Å². The number of aliphatic hydroxyl groups is 1. The molecule has 0 aliphatic rings. The fourth-order valence-electron chi connectivity index (χ4n) is 1.65. The normalized spacial score (nSPS) is 9.63. The van der Waals surface area contributed by atoms with Gasteiger partial charge in [-0.1, -0.05) is 31.3 Å². The zero-order chi connectivity index (χ0) is 14.1. The second-order valence-electron chi connectivity index (χ2n) is 4.43. The third-order valence-electron chi connectivity index (χ3n) is 2.70. The first-order valence-electron chi connectivity index (χ1n) is 6.67. The summed E-state index contributed by atoms with van der Waals surface area (Å²) in [4.78, 5) is 12.1. The minimum atomic E-state index is -0.0817. The quantitative estimate of drug-likeness (QED) is 0.629. The van der Waals surface area contributed by atoms with Crippen LogP contribution in [0.5, 0.6) is 0 Å². The predicted octanol–water partition coefficient (Wildman–Crippen LogP) is 2.26. The molecule has 1 aromatic carbocycles. The molecule has 0 heterocycles. The van der Waals surface area contributed by atoms with Crippen LogP contribution in [0, 0.1) is 18.8 Å². The Kier molecular flexibility index (Phi) is 6.70. The van der Waals surface area contributed by atoms with Crippen LogP contribution in [-0.2, 0) is 0 Å². The minimum Gasteiger partial charge on any atom is -0.395 e. The molecule has 3 nitrogen and oxygen atoms in total. The third-order valence-corrected chi connectivity index (χ3v) is 2.70. The van der Waals surface area contributed by atoms with Crippen LogP contribution in [0.2, 0.25) is 0 Å². The van der Waals surface area contributed by atoms with E-state index in [0.717, 1.165) is 24.0 Å². The SMILES string of the molecule is CCCCNC(=O)c1ccc(C)cc1C#CCCO. The molecule has 102 valence electrons. The van der Waals surface area contributed by atoms with Crippen LogP contribution < -0.4 is 5.32 Å². The van der Waals surface area contributed by atoms with Gasteiger partial charge in [-0.25, -0.2) is 0 Å². The molecule has 0 unspecified atom stereocenters. The van der Waals surface area contributed by atoms with E-state index in [1.54, 1.807) is 6.07 Å². The number of carbonyl (C=O) groups is 1. The first kappa shape index (κ1) is 15.3. The first-order chi connectivity index (χ1) is 9.19. The lowest BCUT2D eigenvalue weighted by Gasteiger charge is -2.07. The van der Waals surface area contributed by atoms with E-state index in [-0.39, 0.29) is 12.5 Å². The molecule has 2 N–H and O–H groups in total. The predicted molar refractivity (Wildman–Crippen MR) is 77.0 cm³/mol. The molecule has 3 heteroatoms. The van der Waals surface area contributed by atoms with Crippen LogP contribution >= 0.6 is 0 Å². The van der Waals surface area contributed by atoms with E-state index in [1.165, 1.54) is 0 Å². The fourth-order valence-corrected chi connectivity index (χ4v) is 1.65. The van der Waals surface area contributed by atoms with Crippen molar-refractivity contribution in [1.29, 1.82) is 0 Å². The molecule has 0 aliphatic carbocycles. The second-order valence-corrected chi connectivity index (χ2v) is 4.43. The van der Waals surface area contributed by atoms with Gasteiger partial charge in [0.25, 0.3) is 5.91 Å². The minimum absolute atomic E-state index is 0.0385. The van der Waals surface area contributed by atoms with Crippen LogP contribution in [0.15, 0.2) is 18.2 Å². The van der Waals surface area contributed by atoms with Crippen molar-refractivity contribution in [2.45, 2.75) is 33.1 Å². The van der Waals surface area contributed by atoms with Crippen molar-refractivity contribution in [3.8, 4) is 11.8 Å². The summed E-state index contributed by atoms with van der Waals surface area (Å²) < 4.78 is 0. The molecule has 1 rings (SSSR count). The smallest absolute Gasteiger partial charge is 0.252 e. The number of hydrogen-bond donors (Lipinski definition) is 2. The van der Waals surface area contributed by atoms with E-state index in [1.807, 2.05) is 19.1 Å². The Morgan fingerprint density at radius 3 is 2.89 bits per heavy atom. The highest BCUT2D eigenvalue weighted by atomic mass is 16.2. The molecule has 0 saturated carbocycles. The van der Waals surface area contributed by atoms with Crippen molar-refractivity contribution >= 4 is 5.91 Å². The van der Waals surface area contributed by atoms with Crippen molar-refractivity contribution in [3.63, 3.8) is 0 Å². The number of nitrogens with one attached hydrogen (secondary N) is 1. The van der Waals surface area contributed by atoms with Gasteiger partial charge in [-0.15, -0.1) is 0 Å². The van der Waals surface area contributed by atoms with Gasteiger partial charge in [0.05, 0.1) is 12.2 Å². The Hall–Kier alpha value is -1.79.